The Labute approximate surface area is 130 Å². The van der Waals surface area contributed by atoms with Crippen LogP contribution in [-0.4, -0.2) is 20.0 Å². The maximum Gasteiger partial charge on any atom is 0.181 e. The number of hydrogen-bond acceptors (Lipinski definition) is 3. The predicted molar refractivity (Wildman–Crippen MR) is 81.9 cm³/mol. The lowest BCUT2D eigenvalue weighted by molar-refractivity contribution is 0.0989. The van der Waals surface area contributed by atoms with Crippen LogP contribution in [0.4, 0.5) is 4.39 Å². The second kappa shape index (κ2) is 6.72. The van der Waals surface area contributed by atoms with Gasteiger partial charge >= 0.3 is 0 Å². The number of carbonyl (C=O) groups is 1. The van der Waals surface area contributed by atoms with Crippen LogP contribution in [0.1, 0.15) is 20.7 Å². The molecule has 21 heavy (non-hydrogen) atoms. The molecule has 5 heteroatoms. The van der Waals surface area contributed by atoms with Crippen LogP contribution in [0.2, 0.25) is 0 Å². The summed E-state index contributed by atoms with van der Waals surface area (Å²) in [6, 6.07) is 11.0. The summed E-state index contributed by atoms with van der Waals surface area (Å²) < 4.78 is 24.0. The molecule has 0 aliphatic rings. The second-order valence-electron chi connectivity index (χ2n) is 4.35. The largest absolute Gasteiger partial charge is 0.497 e. The molecule has 110 valence electrons. The quantitative estimate of drug-likeness (QED) is 0.598. The standard InChI is InChI=1S/C16H14BrFO3/c1-20-11-7-10(8-12(9-11)21-2)16(19)15(17)13-5-3-4-6-14(13)18/h3-9,15H,1-2H3. The van der Waals surface area contributed by atoms with Gasteiger partial charge in [-0.2, -0.15) is 0 Å². The molecule has 0 amide bonds. The molecule has 0 spiro atoms. The molecule has 0 aliphatic heterocycles. The number of halogens is 2. The number of carbonyl (C=O) groups excluding carboxylic acids is 1. The van der Waals surface area contributed by atoms with Crippen molar-refractivity contribution in [1.82, 2.24) is 0 Å². The van der Waals surface area contributed by atoms with Gasteiger partial charge in [-0.1, -0.05) is 34.1 Å². The maximum absolute atomic E-state index is 13.8. The molecule has 3 nitrogen and oxygen atoms in total. The van der Waals surface area contributed by atoms with Crippen LogP contribution >= 0.6 is 15.9 Å². The van der Waals surface area contributed by atoms with Gasteiger partial charge in [0.15, 0.2) is 5.78 Å². The van der Waals surface area contributed by atoms with Crippen LogP contribution in [0.15, 0.2) is 42.5 Å². The van der Waals surface area contributed by atoms with Crippen molar-refractivity contribution in [3.63, 3.8) is 0 Å². The van der Waals surface area contributed by atoms with Gasteiger partial charge in [0.2, 0.25) is 0 Å². The van der Waals surface area contributed by atoms with E-state index in [4.69, 9.17) is 9.47 Å². The summed E-state index contributed by atoms with van der Waals surface area (Å²) in [5.41, 5.74) is 0.681. The Morgan fingerprint density at radius 1 is 1.10 bits per heavy atom. The molecule has 0 heterocycles. The molecule has 2 aromatic rings. The molecular formula is C16H14BrFO3. The average Bonchev–Trinajstić information content (AvgIpc) is 2.53. The first-order valence-electron chi connectivity index (χ1n) is 6.22. The smallest absolute Gasteiger partial charge is 0.181 e. The van der Waals surface area contributed by atoms with Crippen molar-refractivity contribution >= 4 is 21.7 Å². The third-order valence-electron chi connectivity index (χ3n) is 3.04. The Bertz CT molecular complexity index is 635. The lowest BCUT2D eigenvalue weighted by Gasteiger charge is -2.12. The van der Waals surface area contributed by atoms with Gasteiger partial charge in [0.1, 0.15) is 22.1 Å². The Balaban J connectivity index is 2.37. The third-order valence-corrected chi connectivity index (χ3v) is 3.95. The summed E-state index contributed by atoms with van der Waals surface area (Å²) in [5, 5.41) is 0. The first-order valence-corrected chi connectivity index (χ1v) is 7.14. The summed E-state index contributed by atoms with van der Waals surface area (Å²) in [4.78, 5) is 11.7. The minimum absolute atomic E-state index is 0.266. The van der Waals surface area contributed by atoms with Crippen molar-refractivity contribution in [2.75, 3.05) is 14.2 Å². The van der Waals surface area contributed by atoms with Gasteiger partial charge in [0.05, 0.1) is 14.2 Å². The zero-order valence-corrected chi connectivity index (χ0v) is 13.2. The van der Waals surface area contributed by atoms with Crippen molar-refractivity contribution in [3.8, 4) is 11.5 Å². The van der Waals surface area contributed by atoms with E-state index in [2.05, 4.69) is 15.9 Å². The van der Waals surface area contributed by atoms with Gasteiger partial charge in [-0.3, -0.25) is 4.79 Å². The molecule has 0 bridgehead atoms. The summed E-state index contributed by atoms with van der Waals surface area (Å²) in [6.45, 7) is 0. The van der Waals surface area contributed by atoms with E-state index >= 15 is 0 Å². The average molecular weight is 353 g/mol. The normalized spacial score (nSPS) is 11.8. The summed E-state index contributed by atoms with van der Waals surface area (Å²) in [7, 11) is 3.01. The highest BCUT2D eigenvalue weighted by Crippen LogP contribution is 2.31. The number of ketones is 1. The Kier molecular flexibility index (Phi) is 4.96. The fourth-order valence-corrected chi connectivity index (χ4v) is 2.55. The molecule has 1 atom stereocenters. The van der Waals surface area contributed by atoms with E-state index in [1.807, 2.05) is 0 Å². The van der Waals surface area contributed by atoms with E-state index in [-0.39, 0.29) is 5.78 Å². The lowest BCUT2D eigenvalue weighted by atomic mass is 10.0. The molecule has 0 aliphatic carbocycles. The number of methoxy groups -OCH3 is 2. The van der Waals surface area contributed by atoms with Crippen LogP contribution in [-0.2, 0) is 0 Å². The summed E-state index contributed by atoms with van der Waals surface area (Å²) >= 11 is 3.26. The Morgan fingerprint density at radius 3 is 2.19 bits per heavy atom. The first-order chi connectivity index (χ1) is 10.1. The zero-order valence-electron chi connectivity index (χ0n) is 11.6. The molecule has 0 radical (unpaired) electrons. The molecule has 2 rings (SSSR count). The van der Waals surface area contributed by atoms with Gasteiger partial charge in [-0.15, -0.1) is 0 Å². The van der Waals surface area contributed by atoms with Crippen molar-refractivity contribution in [1.29, 1.82) is 0 Å². The van der Waals surface area contributed by atoms with Crippen LogP contribution in [0.25, 0.3) is 0 Å². The topological polar surface area (TPSA) is 35.5 Å². The van der Waals surface area contributed by atoms with Crippen LogP contribution in [0.3, 0.4) is 0 Å². The number of ether oxygens (including phenoxy) is 2. The molecule has 0 saturated heterocycles. The number of benzene rings is 2. The van der Waals surface area contributed by atoms with Crippen molar-refractivity contribution in [3.05, 3.63) is 59.4 Å². The minimum atomic E-state index is -0.768. The highest BCUT2D eigenvalue weighted by Gasteiger charge is 2.22. The van der Waals surface area contributed by atoms with Crippen molar-refractivity contribution in [2.24, 2.45) is 0 Å². The first kappa shape index (κ1) is 15.5. The molecule has 0 saturated carbocycles. The van der Waals surface area contributed by atoms with E-state index in [1.165, 1.54) is 20.3 Å². The highest BCUT2D eigenvalue weighted by molar-refractivity contribution is 9.09. The van der Waals surface area contributed by atoms with Gasteiger partial charge in [-0.25, -0.2) is 4.39 Å². The molecular weight excluding hydrogens is 339 g/mol. The van der Waals surface area contributed by atoms with Crippen LogP contribution in [0.5, 0.6) is 11.5 Å². The van der Waals surface area contributed by atoms with Crippen molar-refractivity contribution < 1.29 is 18.7 Å². The monoisotopic (exact) mass is 352 g/mol. The van der Waals surface area contributed by atoms with Gasteiger partial charge in [-0.05, 0) is 18.2 Å². The minimum Gasteiger partial charge on any atom is -0.497 e. The van der Waals surface area contributed by atoms with Gasteiger partial charge in [0, 0.05) is 17.2 Å². The van der Waals surface area contributed by atoms with Gasteiger partial charge in [0.25, 0.3) is 0 Å². The number of hydrogen-bond donors (Lipinski definition) is 0. The lowest BCUT2D eigenvalue weighted by Crippen LogP contribution is -2.09. The molecule has 1 unspecified atom stereocenters. The van der Waals surface area contributed by atoms with E-state index in [1.54, 1.807) is 36.4 Å². The summed E-state index contributed by atoms with van der Waals surface area (Å²) in [6.07, 6.45) is 0. The predicted octanol–water partition coefficient (Wildman–Crippen LogP) is 4.16. The van der Waals surface area contributed by atoms with E-state index in [9.17, 15) is 9.18 Å². The SMILES string of the molecule is COc1cc(OC)cc(C(=O)C(Br)c2ccccc2F)c1. The third kappa shape index (κ3) is 3.42. The van der Waals surface area contributed by atoms with E-state index in [0.29, 0.717) is 22.6 Å². The number of alkyl halides is 1. The zero-order chi connectivity index (χ0) is 15.4. The molecule has 2 aromatic carbocycles. The van der Waals surface area contributed by atoms with Crippen LogP contribution < -0.4 is 9.47 Å². The Hall–Kier alpha value is -1.88. The fraction of sp³-hybridized carbons (Fsp3) is 0.188. The molecule has 0 N–H and O–H groups in total. The fourth-order valence-electron chi connectivity index (χ4n) is 1.92. The molecule has 0 fully saturated rings. The maximum atomic E-state index is 13.8. The summed E-state index contributed by atoms with van der Waals surface area (Å²) in [5.74, 6) is 0.316. The number of rotatable bonds is 5. The number of Topliss-reactive ketones (excluding diaryl/α,β-unsaturated/α-hetero) is 1. The highest BCUT2D eigenvalue weighted by atomic mass is 79.9. The van der Waals surface area contributed by atoms with E-state index in [0.717, 1.165) is 0 Å². The second-order valence-corrected chi connectivity index (χ2v) is 5.27. The molecule has 0 aromatic heterocycles. The van der Waals surface area contributed by atoms with Crippen molar-refractivity contribution in [2.45, 2.75) is 4.83 Å². The van der Waals surface area contributed by atoms with Gasteiger partial charge < -0.3 is 9.47 Å². The van der Waals surface area contributed by atoms with E-state index < -0.39 is 10.6 Å². The Morgan fingerprint density at radius 2 is 1.67 bits per heavy atom. The van der Waals surface area contributed by atoms with Crippen LogP contribution in [0, 0.1) is 5.82 Å².